The molecule has 0 amide bonds. The highest BCUT2D eigenvalue weighted by atomic mass is 14.9. The van der Waals surface area contributed by atoms with E-state index in [-0.39, 0.29) is 0 Å². The molecule has 0 aromatic carbocycles. The lowest BCUT2D eigenvalue weighted by Gasteiger charge is -2.03. The summed E-state index contributed by atoms with van der Waals surface area (Å²) in [4.78, 5) is 0. The van der Waals surface area contributed by atoms with Crippen LogP contribution in [0.4, 0.5) is 0 Å². The minimum atomic E-state index is 0.719. The second-order valence-electron chi connectivity index (χ2n) is 3.89. The molecule has 1 heteroatoms. The van der Waals surface area contributed by atoms with E-state index in [0.717, 1.165) is 12.5 Å². The maximum atomic E-state index is 2.30. The summed E-state index contributed by atoms with van der Waals surface area (Å²) in [5.74, 6) is 0.719. The van der Waals surface area contributed by atoms with Gasteiger partial charge in [0.05, 0.1) is 0 Å². The van der Waals surface area contributed by atoms with Crippen molar-refractivity contribution in [3.8, 4) is 0 Å². The predicted octanol–water partition coefficient (Wildman–Crippen LogP) is 2.25. The van der Waals surface area contributed by atoms with Crippen molar-refractivity contribution in [1.82, 2.24) is 0 Å². The van der Waals surface area contributed by atoms with Crippen LogP contribution in [-0.2, 0) is 6.54 Å². The van der Waals surface area contributed by atoms with E-state index in [9.17, 15) is 0 Å². The quantitative estimate of drug-likeness (QED) is 0.590. The van der Waals surface area contributed by atoms with E-state index in [1.165, 1.54) is 11.3 Å². The highest BCUT2D eigenvalue weighted by molar-refractivity contribution is 5.08. The Labute approximate surface area is 75.1 Å². The largest absolute Gasteiger partial charge is 0.202 e. The Balaban J connectivity index is 2.86. The van der Waals surface area contributed by atoms with E-state index in [1.54, 1.807) is 0 Å². The fourth-order valence-corrected chi connectivity index (χ4v) is 1.38. The van der Waals surface area contributed by atoms with Gasteiger partial charge < -0.3 is 0 Å². The van der Waals surface area contributed by atoms with E-state index in [2.05, 4.69) is 50.6 Å². The van der Waals surface area contributed by atoms with Crippen LogP contribution in [0, 0.1) is 19.8 Å². The molecule has 0 saturated carbocycles. The van der Waals surface area contributed by atoms with Crippen LogP contribution in [-0.4, -0.2) is 0 Å². The SMILES string of the molecule is Cc1cc[n+](CC(C)C)c(C)c1. The number of aromatic nitrogens is 1. The summed E-state index contributed by atoms with van der Waals surface area (Å²) in [6.07, 6.45) is 2.17. The van der Waals surface area contributed by atoms with Gasteiger partial charge in [-0.1, -0.05) is 13.8 Å². The molecule has 0 saturated heterocycles. The van der Waals surface area contributed by atoms with Crippen LogP contribution in [0.1, 0.15) is 25.1 Å². The maximum Gasteiger partial charge on any atom is 0.178 e. The van der Waals surface area contributed by atoms with Gasteiger partial charge in [-0.25, -0.2) is 4.57 Å². The van der Waals surface area contributed by atoms with Gasteiger partial charge in [-0.3, -0.25) is 0 Å². The van der Waals surface area contributed by atoms with Gasteiger partial charge in [-0.05, 0) is 12.5 Å². The molecule has 0 aliphatic carbocycles. The second-order valence-corrected chi connectivity index (χ2v) is 3.89. The number of hydrogen-bond acceptors (Lipinski definition) is 0. The Morgan fingerprint density at radius 2 is 2.00 bits per heavy atom. The molecule has 1 aromatic rings. The van der Waals surface area contributed by atoms with Crippen molar-refractivity contribution in [2.45, 2.75) is 34.2 Å². The lowest BCUT2D eigenvalue weighted by molar-refractivity contribution is -0.708. The zero-order valence-corrected chi connectivity index (χ0v) is 8.46. The van der Waals surface area contributed by atoms with Crippen molar-refractivity contribution in [1.29, 1.82) is 0 Å². The summed E-state index contributed by atoms with van der Waals surface area (Å²) in [6, 6.07) is 4.39. The summed E-state index contributed by atoms with van der Waals surface area (Å²) in [5, 5.41) is 0. The lowest BCUT2D eigenvalue weighted by atomic mass is 10.2. The van der Waals surface area contributed by atoms with Gasteiger partial charge in [-0.2, -0.15) is 0 Å². The summed E-state index contributed by atoms with van der Waals surface area (Å²) >= 11 is 0. The van der Waals surface area contributed by atoms with Gasteiger partial charge in [0.2, 0.25) is 0 Å². The summed E-state index contributed by atoms with van der Waals surface area (Å²) < 4.78 is 2.30. The van der Waals surface area contributed by atoms with E-state index >= 15 is 0 Å². The molecule has 66 valence electrons. The van der Waals surface area contributed by atoms with Gasteiger partial charge in [0, 0.05) is 25.0 Å². The lowest BCUT2D eigenvalue weighted by Crippen LogP contribution is -2.38. The third kappa shape index (κ3) is 2.33. The minimum absolute atomic E-state index is 0.719. The Bertz CT molecular complexity index is 264. The molecule has 0 unspecified atom stereocenters. The molecule has 1 aromatic heterocycles. The number of aryl methyl sites for hydroxylation is 2. The number of hydrogen-bond donors (Lipinski definition) is 0. The molecule has 0 aliphatic heterocycles. The molecule has 1 heterocycles. The summed E-state index contributed by atoms with van der Waals surface area (Å²) in [7, 11) is 0. The predicted molar refractivity (Wildman–Crippen MR) is 50.9 cm³/mol. The molecule has 0 bridgehead atoms. The van der Waals surface area contributed by atoms with Crippen LogP contribution in [0.15, 0.2) is 18.3 Å². The second kappa shape index (κ2) is 3.70. The smallest absolute Gasteiger partial charge is 0.178 e. The van der Waals surface area contributed by atoms with Gasteiger partial charge in [0.25, 0.3) is 0 Å². The Hall–Kier alpha value is -0.850. The average Bonchev–Trinajstić information content (AvgIpc) is 1.94. The Morgan fingerprint density at radius 1 is 1.33 bits per heavy atom. The Morgan fingerprint density at radius 3 is 2.50 bits per heavy atom. The third-order valence-electron chi connectivity index (χ3n) is 1.97. The normalized spacial score (nSPS) is 10.8. The standard InChI is InChI=1S/C11H18N/c1-9(2)8-12-6-5-10(3)7-11(12)4/h5-7,9H,8H2,1-4H3/q+1. The van der Waals surface area contributed by atoms with Gasteiger partial charge in [0.1, 0.15) is 0 Å². The van der Waals surface area contributed by atoms with Crippen molar-refractivity contribution < 1.29 is 4.57 Å². The van der Waals surface area contributed by atoms with E-state index in [1.807, 2.05) is 0 Å². The van der Waals surface area contributed by atoms with E-state index < -0.39 is 0 Å². The van der Waals surface area contributed by atoms with Crippen LogP contribution < -0.4 is 4.57 Å². The average molecular weight is 164 g/mol. The first-order valence-corrected chi connectivity index (χ1v) is 4.56. The fourth-order valence-electron chi connectivity index (χ4n) is 1.38. The Kier molecular flexibility index (Phi) is 2.85. The van der Waals surface area contributed by atoms with E-state index in [4.69, 9.17) is 0 Å². The first kappa shape index (κ1) is 9.24. The zero-order valence-electron chi connectivity index (χ0n) is 8.46. The minimum Gasteiger partial charge on any atom is -0.202 e. The first-order chi connectivity index (χ1) is 5.59. The molecule has 0 fully saturated rings. The molecule has 12 heavy (non-hydrogen) atoms. The molecule has 0 radical (unpaired) electrons. The maximum absolute atomic E-state index is 2.30. The molecular formula is C11H18N+. The van der Waals surface area contributed by atoms with E-state index in [0.29, 0.717) is 0 Å². The number of rotatable bonds is 2. The summed E-state index contributed by atoms with van der Waals surface area (Å²) in [5.41, 5.74) is 2.69. The summed E-state index contributed by atoms with van der Waals surface area (Å²) in [6.45, 7) is 9.90. The van der Waals surface area contributed by atoms with Crippen molar-refractivity contribution in [3.05, 3.63) is 29.6 Å². The van der Waals surface area contributed by atoms with Crippen LogP contribution in [0.25, 0.3) is 0 Å². The highest BCUT2D eigenvalue weighted by Gasteiger charge is 2.07. The molecule has 0 spiro atoms. The van der Waals surface area contributed by atoms with Crippen LogP contribution in [0.5, 0.6) is 0 Å². The van der Waals surface area contributed by atoms with Crippen LogP contribution in [0.2, 0.25) is 0 Å². The monoisotopic (exact) mass is 164 g/mol. The molecule has 0 N–H and O–H groups in total. The first-order valence-electron chi connectivity index (χ1n) is 4.56. The van der Waals surface area contributed by atoms with Gasteiger partial charge in [-0.15, -0.1) is 0 Å². The van der Waals surface area contributed by atoms with Crippen LogP contribution in [0.3, 0.4) is 0 Å². The topological polar surface area (TPSA) is 3.88 Å². The van der Waals surface area contributed by atoms with Gasteiger partial charge in [0.15, 0.2) is 18.4 Å². The fraction of sp³-hybridized carbons (Fsp3) is 0.545. The van der Waals surface area contributed by atoms with Gasteiger partial charge >= 0.3 is 0 Å². The van der Waals surface area contributed by atoms with Crippen LogP contribution >= 0.6 is 0 Å². The van der Waals surface area contributed by atoms with Crippen molar-refractivity contribution in [2.75, 3.05) is 0 Å². The molecule has 1 nitrogen and oxygen atoms in total. The van der Waals surface area contributed by atoms with Crippen molar-refractivity contribution >= 4 is 0 Å². The highest BCUT2D eigenvalue weighted by Crippen LogP contribution is 1.98. The zero-order chi connectivity index (χ0) is 9.14. The van der Waals surface area contributed by atoms with Crippen molar-refractivity contribution in [2.24, 2.45) is 5.92 Å². The molecule has 0 atom stereocenters. The molecular weight excluding hydrogens is 146 g/mol. The van der Waals surface area contributed by atoms with Crippen molar-refractivity contribution in [3.63, 3.8) is 0 Å². The number of pyridine rings is 1. The molecule has 1 rings (SSSR count). The number of nitrogens with zero attached hydrogens (tertiary/aromatic N) is 1. The molecule has 0 aliphatic rings. The third-order valence-corrected chi connectivity index (χ3v) is 1.97.